The Kier molecular flexibility index (Phi) is 6.03. The van der Waals surface area contributed by atoms with E-state index in [1.54, 1.807) is 31.4 Å². The Morgan fingerprint density at radius 2 is 2.03 bits per heavy atom. The molecule has 8 nitrogen and oxygen atoms in total. The van der Waals surface area contributed by atoms with E-state index in [0.717, 1.165) is 43.6 Å². The van der Waals surface area contributed by atoms with Gasteiger partial charge in [-0.15, -0.1) is 0 Å². The third-order valence-corrected chi connectivity index (χ3v) is 5.55. The van der Waals surface area contributed by atoms with E-state index in [2.05, 4.69) is 10.1 Å². The SMILES string of the molecule is COc1ccc(N)c(N(N)OCCN2CCC(c3noc4cc(F)ccc34)CC2)c1. The van der Waals surface area contributed by atoms with Crippen molar-refractivity contribution in [2.24, 2.45) is 5.84 Å². The van der Waals surface area contributed by atoms with Crippen molar-refractivity contribution in [3.63, 3.8) is 0 Å². The molecule has 1 saturated heterocycles. The van der Waals surface area contributed by atoms with Crippen molar-refractivity contribution in [3.05, 3.63) is 47.9 Å². The Morgan fingerprint density at radius 3 is 2.80 bits per heavy atom. The average molecular weight is 415 g/mol. The van der Waals surface area contributed by atoms with Crippen LogP contribution in [-0.2, 0) is 4.84 Å². The second-order valence-corrected chi connectivity index (χ2v) is 7.41. The molecule has 2 aromatic carbocycles. The minimum atomic E-state index is -0.315. The molecule has 0 radical (unpaired) electrons. The quantitative estimate of drug-likeness (QED) is 0.345. The van der Waals surface area contributed by atoms with Crippen LogP contribution in [0.15, 0.2) is 40.9 Å². The first-order chi connectivity index (χ1) is 14.5. The number of hydrazine groups is 1. The zero-order valence-electron chi connectivity index (χ0n) is 16.9. The Balaban J connectivity index is 1.27. The molecular weight excluding hydrogens is 389 g/mol. The van der Waals surface area contributed by atoms with Crippen molar-refractivity contribution in [1.29, 1.82) is 0 Å². The normalized spacial score (nSPS) is 15.6. The van der Waals surface area contributed by atoms with Crippen molar-refractivity contribution in [2.45, 2.75) is 18.8 Å². The van der Waals surface area contributed by atoms with Crippen molar-refractivity contribution in [2.75, 3.05) is 44.3 Å². The van der Waals surface area contributed by atoms with Crippen LogP contribution >= 0.6 is 0 Å². The largest absolute Gasteiger partial charge is 0.497 e. The minimum absolute atomic E-state index is 0.302. The number of rotatable bonds is 7. The zero-order valence-corrected chi connectivity index (χ0v) is 16.9. The molecule has 0 amide bonds. The molecule has 1 aliphatic heterocycles. The predicted octanol–water partition coefficient (Wildman–Crippen LogP) is 3.05. The predicted molar refractivity (Wildman–Crippen MR) is 112 cm³/mol. The summed E-state index contributed by atoms with van der Waals surface area (Å²) in [5, 5.41) is 6.28. The number of hydrogen-bond acceptors (Lipinski definition) is 8. The first-order valence-corrected chi connectivity index (χ1v) is 9.93. The van der Waals surface area contributed by atoms with Gasteiger partial charge in [-0.1, -0.05) is 5.16 Å². The van der Waals surface area contributed by atoms with Crippen LogP contribution in [0.3, 0.4) is 0 Å². The van der Waals surface area contributed by atoms with Crippen LogP contribution in [0.4, 0.5) is 15.8 Å². The van der Waals surface area contributed by atoms with Gasteiger partial charge in [-0.2, -0.15) is 5.17 Å². The van der Waals surface area contributed by atoms with Crippen molar-refractivity contribution < 1.29 is 18.5 Å². The summed E-state index contributed by atoms with van der Waals surface area (Å²) in [5.74, 6) is 6.64. The number of likely N-dealkylation sites (tertiary alicyclic amines) is 1. The molecule has 9 heteroatoms. The van der Waals surface area contributed by atoms with Crippen LogP contribution in [-0.4, -0.2) is 43.4 Å². The molecule has 0 saturated carbocycles. The molecule has 160 valence electrons. The molecule has 0 spiro atoms. The maximum atomic E-state index is 13.4. The van der Waals surface area contributed by atoms with Crippen LogP contribution in [0.25, 0.3) is 11.0 Å². The zero-order chi connectivity index (χ0) is 21.1. The van der Waals surface area contributed by atoms with Crippen LogP contribution in [0.1, 0.15) is 24.5 Å². The first kappa shape index (κ1) is 20.4. The minimum Gasteiger partial charge on any atom is -0.497 e. The summed E-state index contributed by atoms with van der Waals surface area (Å²) in [4.78, 5) is 7.97. The number of anilines is 2. The number of ether oxygens (including phenoxy) is 1. The third kappa shape index (κ3) is 4.33. The fourth-order valence-corrected chi connectivity index (χ4v) is 3.83. The fraction of sp³-hybridized carbons (Fsp3) is 0.381. The summed E-state index contributed by atoms with van der Waals surface area (Å²) in [6.07, 6.45) is 1.91. The van der Waals surface area contributed by atoms with Crippen molar-refractivity contribution in [3.8, 4) is 5.75 Å². The smallest absolute Gasteiger partial charge is 0.170 e. The summed E-state index contributed by atoms with van der Waals surface area (Å²) in [6.45, 7) is 3.00. The van der Waals surface area contributed by atoms with E-state index in [9.17, 15) is 4.39 Å². The van der Waals surface area contributed by atoms with Gasteiger partial charge in [0.2, 0.25) is 0 Å². The average Bonchev–Trinajstić information content (AvgIpc) is 3.17. The van der Waals surface area contributed by atoms with E-state index in [0.29, 0.717) is 35.2 Å². The number of nitrogen functional groups attached to an aromatic ring is 1. The molecular formula is C21H26FN5O3. The molecule has 0 unspecified atom stereocenters. The first-order valence-electron chi connectivity index (χ1n) is 9.93. The Hall–Kier alpha value is -2.88. The van der Waals surface area contributed by atoms with Crippen LogP contribution < -0.4 is 21.5 Å². The Morgan fingerprint density at radius 1 is 1.23 bits per heavy atom. The number of benzene rings is 2. The fourth-order valence-electron chi connectivity index (χ4n) is 3.83. The summed E-state index contributed by atoms with van der Waals surface area (Å²) in [7, 11) is 1.58. The van der Waals surface area contributed by atoms with Crippen LogP contribution in [0.2, 0.25) is 0 Å². The lowest BCUT2D eigenvalue weighted by Crippen LogP contribution is -2.39. The summed E-state index contributed by atoms with van der Waals surface area (Å²) < 4.78 is 23.9. The van der Waals surface area contributed by atoms with E-state index < -0.39 is 0 Å². The number of hydrogen-bond donors (Lipinski definition) is 2. The number of halogens is 1. The number of methoxy groups -OCH3 is 1. The van der Waals surface area contributed by atoms with Gasteiger partial charge in [0.25, 0.3) is 0 Å². The standard InChI is InChI=1S/C21H26FN5O3/c1-28-16-3-5-18(23)19(13-16)27(24)29-11-10-26-8-6-14(7-9-26)21-17-4-2-15(22)12-20(17)30-25-21/h2-5,12-14H,6-11,23-24H2,1H3. The summed E-state index contributed by atoms with van der Waals surface area (Å²) in [5.41, 5.74) is 8.46. The molecule has 4 rings (SSSR count). The van der Waals surface area contributed by atoms with Gasteiger partial charge in [-0.25, -0.2) is 10.2 Å². The number of aromatic nitrogens is 1. The highest BCUT2D eigenvalue weighted by atomic mass is 19.1. The lowest BCUT2D eigenvalue weighted by Gasteiger charge is -2.31. The van der Waals surface area contributed by atoms with E-state index in [4.69, 9.17) is 25.7 Å². The van der Waals surface area contributed by atoms with Crippen molar-refractivity contribution in [1.82, 2.24) is 10.1 Å². The Bertz CT molecular complexity index is 1000. The number of nitrogens with two attached hydrogens (primary N) is 2. The van der Waals surface area contributed by atoms with Gasteiger partial charge >= 0.3 is 0 Å². The van der Waals surface area contributed by atoms with Crippen molar-refractivity contribution >= 4 is 22.3 Å². The van der Waals surface area contributed by atoms with Crippen LogP contribution in [0.5, 0.6) is 5.75 Å². The van der Waals surface area contributed by atoms with E-state index in [1.807, 2.05) is 0 Å². The van der Waals surface area contributed by atoms with Gasteiger partial charge in [0.05, 0.1) is 25.1 Å². The third-order valence-electron chi connectivity index (χ3n) is 5.55. The molecule has 0 bridgehead atoms. The molecule has 1 fully saturated rings. The van der Waals surface area contributed by atoms with Gasteiger partial charge < -0.3 is 19.9 Å². The lowest BCUT2D eigenvalue weighted by atomic mass is 9.91. The maximum Gasteiger partial charge on any atom is 0.170 e. The highest BCUT2D eigenvalue weighted by Gasteiger charge is 2.25. The van der Waals surface area contributed by atoms with E-state index >= 15 is 0 Å². The molecule has 0 atom stereocenters. The van der Waals surface area contributed by atoms with Gasteiger partial charge in [0.1, 0.15) is 17.3 Å². The maximum absolute atomic E-state index is 13.4. The molecule has 2 heterocycles. The van der Waals surface area contributed by atoms with Gasteiger partial charge in [-0.3, -0.25) is 4.84 Å². The second kappa shape index (κ2) is 8.86. The molecule has 1 aliphatic rings. The highest BCUT2D eigenvalue weighted by Crippen LogP contribution is 2.32. The number of piperidine rings is 1. The topological polar surface area (TPSA) is 103 Å². The molecule has 0 aliphatic carbocycles. The van der Waals surface area contributed by atoms with Gasteiger partial charge in [0, 0.05) is 30.0 Å². The Labute approximate surface area is 174 Å². The van der Waals surface area contributed by atoms with E-state index in [1.165, 1.54) is 17.3 Å². The molecule has 1 aromatic heterocycles. The summed E-state index contributed by atoms with van der Waals surface area (Å²) in [6, 6.07) is 9.80. The summed E-state index contributed by atoms with van der Waals surface area (Å²) >= 11 is 0. The number of fused-ring (bicyclic) bond motifs is 1. The van der Waals surface area contributed by atoms with Gasteiger partial charge in [-0.05, 0) is 50.2 Å². The van der Waals surface area contributed by atoms with E-state index in [-0.39, 0.29) is 5.82 Å². The lowest BCUT2D eigenvalue weighted by molar-refractivity contribution is 0.0756. The highest BCUT2D eigenvalue weighted by molar-refractivity contribution is 5.79. The second-order valence-electron chi connectivity index (χ2n) is 7.41. The number of nitrogens with zero attached hydrogens (tertiary/aromatic N) is 3. The molecule has 4 N–H and O–H groups in total. The molecule has 30 heavy (non-hydrogen) atoms. The molecule has 3 aromatic rings. The van der Waals surface area contributed by atoms with Crippen LogP contribution in [0, 0.1) is 5.82 Å². The monoisotopic (exact) mass is 415 g/mol. The van der Waals surface area contributed by atoms with Gasteiger partial charge in [0.15, 0.2) is 5.58 Å².